The smallest absolute Gasteiger partial charge is 0.258 e. The summed E-state index contributed by atoms with van der Waals surface area (Å²) in [6.07, 6.45) is 2.22. The molecule has 2 aromatic carbocycles. The predicted molar refractivity (Wildman–Crippen MR) is 95.9 cm³/mol. The van der Waals surface area contributed by atoms with Crippen LogP contribution in [0.1, 0.15) is 5.56 Å². The van der Waals surface area contributed by atoms with Crippen LogP contribution in [0.5, 0.6) is 5.88 Å². The lowest BCUT2D eigenvalue weighted by Crippen LogP contribution is -2.30. The molecule has 1 amide bonds. The minimum absolute atomic E-state index is 0.0760. The lowest BCUT2D eigenvalue weighted by atomic mass is 10.1. The Hall–Kier alpha value is -2.47. The molecule has 24 heavy (non-hydrogen) atoms. The molecule has 0 aliphatic heterocycles. The van der Waals surface area contributed by atoms with Crippen molar-refractivity contribution in [2.45, 2.75) is 6.42 Å². The Kier molecular flexibility index (Phi) is 5.38. The van der Waals surface area contributed by atoms with E-state index in [1.807, 2.05) is 48.5 Å². The number of hydrogen-bond donors (Lipinski definition) is 1. The van der Waals surface area contributed by atoms with Crippen molar-refractivity contribution in [3.8, 4) is 5.88 Å². The molecule has 122 valence electrons. The van der Waals surface area contributed by atoms with E-state index in [0.717, 1.165) is 21.8 Å². The number of nitrogens with zero attached hydrogens (tertiary/aromatic N) is 2. The summed E-state index contributed by atoms with van der Waals surface area (Å²) in [5.74, 6) is 0.229. The SMILES string of the molecule is O=C(COc1ncnc2ccc(Br)cc12)NCCc1ccccc1. The second-order valence-corrected chi connectivity index (χ2v) is 6.13. The number of ether oxygens (including phenoxy) is 1. The highest BCUT2D eigenvalue weighted by atomic mass is 79.9. The molecule has 3 rings (SSSR count). The number of hydrogen-bond acceptors (Lipinski definition) is 4. The van der Waals surface area contributed by atoms with E-state index >= 15 is 0 Å². The second kappa shape index (κ2) is 7.88. The van der Waals surface area contributed by atoms with Crippen LogP contribution < -0.4 is 10.1 Å². The van der Waals surface area contributed by atoms with Gasteiger partial charge in [0.15, 0.2) is 6.61 Å². The van der Waals surface area contributed by atoms with Gasteiger partial charge in [0.2, 0.25) is 5.88 Å². The summed E-state index contributed by atoms with van der Waals surface area (Å²) in [6.45, 7) is 0.496. The average Bonchev–Trinajstić information content (AvgIpc) is 2.61. The Morgan fingerprint density at radius 2 is 1.96 bits per heavy atom. The number of carbonyl (C=O) groups is 1. The Morgan fingerprint density at radius 1 is 1.12 bits per heavy atom. The normalized spacial score (nSPS) is 10.5. The van der Waals surface area contributed by atoms with Gasteiger partial charge in [-0.1, -0.05) is 46.3 Å². The summed E-state index contributed by atoms with van der Waals surface area (Å²) in [5.41, 5.74) is 1.96. The molecule has 1 heterocycles. The molecule has 0 saturated carbocycles. The predicted octanol–water partition coefficient (Wildman–Crippen LogP) is 3.13. The fraction of sp³-hybridized carbons (Fsp3) is 0.167. The van der Waals surface area contributed by atoms with Crippen LogP contribution in [0.4, 0.5) is 0 Å². The Morgan fingerprint density at radius 3 is 2.79 bits per heavy atom. The fourth-order valence-electron chi connectivity index (χ4n) is 2.30. The number of rotatable bonds is 6. The van der Waals surface area contributed by atoms with Gasteiger partial charge < -0.3 is 10.1 Å². The Labute approximate surface area is 148 Å². The van der Waals surface area contributed by atoms with Crippen molar-refractivity contribution in [1.82, 2.24) is 15.3 Å². The van der Waals surface area contributed by atoms with Crippen LogP contribution in [-0.2, 0) is 11.2 Å². The van der Waals surface area contributed by atoms with Crippen molar-refractivity contribution in [3.05, 3.63) is 64.9 Å². The maximum atomic E-state index is 11.9. The number of carbonyl (C=O) groups excluding carboxylic acids is 1. The van der Waals surface area contributed by atoms with Crippen LogP contribution in [0, 0.1) is 0 Å². The molecule has 0 aliphatic carbocycles. The van der Waals surface area contributed by atoms with Gasteiger partial charge in [0.05, 0.1) is 10.9 Å². The standard InChI is InChI=1S/C18H16BrN3O2/c19-14-6-7-16-15(10-14)18(22-12-21-16)24-11-17(23)20-9-8-13-4-2-1-3-5-13/h1-7,10,12H,8-9,11H2,(H,20,23). The lowest BCUT2D eigenvalue weighted by molar-refractivity contribution is -0.123. The highest BCUT2D eigenvalue weighted by Gasteiger charge is 2.08. The minimum Gasteiger partial charge on any atom is -0.467 e. The van der Waals surface area contributed by atoms with E-state index in [9.17, 15) is 4.79 Å². The van der Waals surface area contributed by atoms with E-state index in [2.05, 4.69) is 31.2 Å². The third-order valence-corrected chi connectivity index (χ3v) is 3.97. The molecule has 0 spiro atoms. The Balaban J connectivity index is 1.54. The zero-order valence-corrected chi connectivity index (χ0v) is 14.5. The van der Waals surface area contributed by atoms with Crippen LogP contribution >= 0.6 is 15.9 Å². The molecule has 6 heteroatoms. The highest BCUT2D eigenvalue weighted by Crippen LogP contribution is 2.24. The van der Waals surface area contributed by atoms with Crippen LogP contribution in [0.2, 0.25) is 0 Å². The molecule has 3 aromatic rings. The molecular formula is C18H16BrN3O2. The van der Waals surface area contributed by atoms with Crippen LogP contribution in [0.15, 0.2) is 59.3 Å². The van der Waals surface area contributed by atoms with Crippen molar-refractivity contribution in [2.75, 3.05) is 13.2 Å². The van der Waals surface area contributed by atoms with Gasteiger partial charge in [0.1, 0.15) is 6.33 Å². The number of amides is 1. The van der Waals surface area contributed by atoms with Crippen molar-refractivity contribution in [3.63, 3.8) is 0 Å². The number of benzene rings is 2. The zero-order valence-electron chi connectivity index (χ0n) is 12.9. The van der Waals surface area contributed by atoms with Gasteiger partial charge in [-0.2, -0.15) is 0 Å². The topological polar surface area (TPSA) is 64.1 Å². The van der Waals surface area contributed by atoms with Crippen molar-refractivity contribution in [2.24, 2.45) is 0 Å². The largest absolute Gasteiger partial charge is 0.467 e. The summed E-state index contributed by atoms with van der Waals surface area (Å²) in [7, 11) is 0. The van der Waals surface area contributed by atoms with Gasteiger partial charge in [-0.05, 0) is 30.2 Å². The highest BCUT2D eigenvalue weighted by molar-refractivity contribution is 9.10. The summed E-state index contributed by atoms with van der Waals surface area (Å²) in [6, 6.07) is 15.7. The van der Waals surface area contributed by atoms with E-state index in [-0.39, 0.29) is 12.5 Å². The maximum Gasteiger partial charge on any atom is 0.258 e. The molecule has 1 N–H and O–H groups in total. The first-order valence-electron chi connectivity index (χ1n) is 7.56. The third kappa shape index (κ3) is 4.29. The summed E-state index contributed by atoms with van der Waals surface area (Å²) >= 11 is 3.41. The van der Waals surface area contributed by atoms with E-state index < -0.39 is 0 Å². The van der Waals surface area contributed by atoms with E-state index in [1.54, 1.807) is 0 Å². The van der Waals surface area contributed by atoms with Crippen LogP contribution in [0.3, 0.4) is 0 Å². The fourth-order valence-corrected chi connectivity index (χ4v) is 2.66. The molecule has 1 aromatic heterocycles. The quantitative estimate of drug-likeness (QED) is 0.707. The third-order valence-electron chi connectivity index (χ3n) is 3.48. The minimum atomic E-state index is -0.173. The van der Waals surface area contributed by atoms with Gasteiger partial charge in [-0.3, -0.25) is 4.79 Å². The first kappa shape index (κ1) is 16.4. The first-order valence-corrected chi connectivity index (χ1v) is 8.35. The molecule has 0 unspecified atom stereocenters. The van der Waals surface area contributed by atoms with E-state index in [0.29, 0.717) is 12.4 Å². The first-order chi connectivity index (χ1) is 11.7. The molecule has 0 saturated heterocycles. The van der Waals surface area contributed by atoms with Gasteiger partial charge in [-0.25, -0.2) is 9.97 Å². The molecular weight excluding hydrogens is 370 g/mol. The number of nitrogens with one attached hydrogen (secondary N) is 1. The molecule has 0 bridgehead atoms. The van der Waals surface area contributed by atoms with Crippen LogP contribution in [0.25, 0.3) is 10.9 Å². The summed E-state index contributed by atoms with van der Waals surface area (Å²) in [5, 5.41) is 3.61. The number of aromatic nitrogens is 2. The van der Waals surface area contributed by atoms with Crippen molar-refractivity contribution >= 4 is 32.7 Å². The van der Waals surface area contributed by atoms with E-state index in [1.165, 1.54) is 11.9 Å². The molecule has 0 aliphatic rings. The number of fused-ring (bicyclic) bond motifs is 1. The summed E-state index contributed by atoms with van der Waals surface area (Å²) < 4.78 is 6.46. The van der Waals surface area contributed by atoms with Gasteiger partial charge >= 0.3 is 0 Å². The average molecular weight is 386 g/mol. The van der Waals surface area contributed by atoms with Gasteiger partial charge in [0, 0.05) is 11.0 Å². The Bertz CT molecular complexity index is 840. The maximum absolute atomic E-state index is 11.9. The lowest BCUT2D eigenvalue weighted by Gasteiger charge is -2.09. The second-order valence-electron chi connectivity index (χ2n) is 5.21. The van der Waals surface area contributed by atoms with Gasteiger partial charge in [0.25, 0.3) is 5.91 Å². The van der Waals surface area contributed by atoms with E-state index in [4.69, 9.17) is 4.74 Å². The molecule has 0 radical (unpaired) electrons. The number of halogens is 1. The zero-order chi connectivity index (χ0) is 16.8. The molecule has 0 fully saturated rings. The van der Waals surface area contributed by atoms with Crippen molar-refractivity contribution < 1.29 is 9.53 Å². The van der Waals surface area contributed by atoms with Crippen LogP contribution in [-0.4, -0.2) is 29.0 Å². The summed E-state index contributed by atoms with van der Waals surface area (Å²) in [4.78, 5) is 20.2. The van der Waals surface area contributed by atoms with Crippen molar-refractivity contribution in [1.29, 1.82) is 0 Å². The van der Waals surface area contributed by atoms with Gasteiger partial charge in [-0.15, -0.1) is 0 Å². The molecule has 5 nitrogen and oxygen atoms in total. The monoisotopic (exact) mass is 385 g/mol. The molecule has 0 atom stereocenters.